The molecule has 7 heteroatoms. The van der Waals surface area contributed by atoms with Crippen LogP contribution in [0.4, 0.5) is 8.78 Å². The Labute approximate surface area is 109 Å². The third-order valence-electron chi connectivity index (χ3n) is 3.71. The normalized spacial score (nSPS) is 21.4. The van der Waals surface area contributed by atoms with Crippen molar-refractivity contribution in [3.63, 3.8) is 0 Å². The fourth-order valence-electron chi connectivity index (χ4n) is 2.00. The summed E-state index contributed by atoms with van der Waals surface area (Å²) in [4.78, 5) is 22.6. The Balaban J connectivity index is 1.69. The van der Waals surface area contributed by atoms with Crippen molar-refractivity contribution < 1.29 is 23.5 Å². The van der Waals surface area contributed by atoms with Crippen LogP contribution in [-0.2, 0) is 9.59 Å². The maximum atomic E-state index is 13.6. The van der Waals surface area contributed by atoms with Crippen molar-refractivity contribution in [3.05, 3.63) is 0 Å². The van der Waals surface area contributed by atoms with Crippen LogP contribution in [0.1, 0.15) is 32.1 Å². The number of hydrogen-bond donors (Lipinski definition) is 3. The van der Waals surface area contributed by atoms with Crippen molar-refractivity contribution in [3.8, 4) is 0 Å². The molecule has 0 bridgehead atoms. The summed E-state index contributed by atoms with van der Waals surface area (Å²) in [5.41, 5.74) is -2.20. The molecule has 2 amide bonds. The van der Waals surface area contributed by atoms with Crippen LogP contribution in [0, 0.1) is 5.92 Å². The van der Waals surface area contributed by atoms with Crippen LogP contribution in [-0.4, -0.2) is 41.5 Å². The summed E-state index contributed by atoms with van der Waals surface area (Å²) in [5.74, 6) is -5.30. The maximum Gasteiger partial charge on any atom is 0.352 e. The van der Waals surface area contributed by atoms with Crippen molar-refractivity contribution in [1.29, 1.82) is 0 Å². The Kier molecular flexibility index (Phi) is 3.75. The molecule has 5 nitrogen and oxygen atoms in total. The van der Waals surface area contributed by atoms with E-state index in [0.717, 1.165) is 12.8 Å². The molecule has 0 spiro atoms. The van der Waals surface area contributed by atoms with Gasteiger partial charge in [-0.05, 0) is 32.1 Å². The Bertz CT molecular complexity index is 379. The van der Waals surface area contributed by atoms with Crippen molar-refractivity contribution in [1.82, 2.24) is 10.6 Å². The molecule has 0 aliphatic heterocycles. The minimum Gasteiger partial charge on any atom is -0.383 e. The fraction of sp³-hybridized carbons (Fsp3) is 0.833. The first-order chi connectivity index (χ1) is 8.87. The number of alkyl halides is 2. The summed E-state index contributed by atoms with van der Waals surface area (Å²) in [7, 11) is 0. The molecule has 2 rings (SSSR count). The molecule has 0 radical (unpaired) electrons. The number of halogens is 2. The summed E-state index contributed by atoms with van der Waals surface area (Å²) in [6.45, 7) is 0.0541. The molecular formula is C12H18F2N2O3. The van der Waals surface area contributed by atoms with E-state index in [9.17, 15) is 23.5 Å². The Morgan fingerprint density at radius 3 is 2.26 bits per heavy atom. The third kappa shape index (κ3) is 2.86. The van der Waals surface area contributed by atoms with Gasteiger partial charge in [0.15, 0.2) is 0 Å². The highest BCUT2D eigenvalue weighted by Crippen LogP contribution is 2.44. The molecule has 0 aromatic carbocycles. The topological polar surface area (TPSA) is 78.4 Å². The van der Waals surface area contributed by atoms with Gasteiger partial charge in [-0.1, -0.05) is 0 Å². The summed E-state index contributed by atoms with van der Waals surface area (Å²) in [6.07, 6.45) is 2.10. The minimum atomic E-state index is -3.77. The molecule has 0 heterocycles. The lowest BCUT2D eigenvalue weighted by Crippen LogP contribution is -2.61. The summed E-state index contributed by atoms with van der Waals surface area (Å²) < 4.78 is 27.2. The van der Waals surface area contributed by atoms with E-state index in [1.54, 1.807) is 0 Å². The monoisotopic (exact) mass is 276 g/mol. The van der Waals surface area contributed by atoms with Crippen LogP contribution in [0.5, 0.6) is 0 Å². The number of nitrogens with one attached hydrogen (secondary N) is 2. The lowest BCUT2D eigenvalue weighted by Gasteiger charge is -2.41. The average molecular weight is 276 g/mol. The maximum absolute atomic E-state index is 13.6. The number of amides is 2. The third-order valence-corrected chi connectivity index (χ3v) is 3.71. The summed E-state index contributed by atoms with van der Waals surface area (Å²) >= 11 is 0. The molecule has 2 aliphatic carbocycles. The van der Waals surface area contributed by atoms with Crippen molar-refractivity contribution >= 4 is 11.8 Å². The van der Waals surface area contributed by atoms with Gasteiger partial charge in [0.2, 0.25) is 5.91 Å². The van der Waals surface area contributed by atoms with Gasteiger partial charge in [0, 0.05) is 19.0 Å². The average Bonchev–Trinajstić information content (AvgIpc) is 3.14. The molecule has 2 saturated carbocycles. The van der Waals surface area contributed by atoms with Crippen LogP contribution in [0.25, 0.3) is 0 Å². The summed E-state index contributed by atoms with van der Waals surface area (Å²) in [5, 5.41) is 14.2. The quantitative estimate of drug-likeness (QED) is 0.606. The zero-order valence-corrected chi connectivity index (χ0v) is 10.5. The van der Waals surface area contributed by atoms with Gasteiger partial charge in [0.25, 0.3) is 5.91 Å². The van der Waals surface area contributed by atoms with Crippen molar-refractivity contribution in [2.75, 3.05) is 13.1 Å². The van der Waals surface area contributed by atoms with E-state index >= 15 is 0 Å². The molecular weight excluding hydrogens is 258 g/mol. The predicted octanol–water partition coefficient (Wildman–Crippen LogP) is 0.179. The second kappa shape index (κ2) is 5.03. The van der Waals surface area contributed by atoms with E-state index in [1.165, 1.54) is 0 Å². The van der Waals surface area contributed by atoms with Gasteiger partial charge >= 0.3 is 5.92 Å². The molecule has 108 valence electrons. The molecule has 2 aliphatic rings. The zero-order valence-electron chi connectivity index (χ0n) is 10.5. The molecule has 0 atom stereocenters. The standard InChI is InChI=1S/C12H18F2N2O3/c13-12(14,11(19)4-1-5-11)10(18)16-7-6-15-9(17)8-2-3-8/h8,19H,1-7H2,(H,15,17)(H,16,18). The van der Waals surface area contributed by atoms with Crippen LogP contribution < -0.4 is 10.6 Å². The van der Waals surface area contributed by atoms with Gasteiger partial charge in [-0.25, -0.2) is 0 Å². The lowest BCUT2D eigenvalue weighted by atomic mass is 9.75. The second-order valence-electron chi connectivity index (χ2n) is 5.28. The van der Waals surface area contributed by atoms with E-state index in [2.05, 4.69) is 5.32 Å². The molecule has 2 fully saturated rings. The molecule has 0 saturated heterocycles. The molecule has 19 heavy (non-hydrogen) atoms. The van der Waals surface area contributed by atoms with Crippen LogP contribution >= 0.6 is 0 Å². The zero-order chi connectivity index (χ0) is 14.1. The molecule has 0 aromatic rings. The van der Waals surface area contributed by atoms with E-state index < -0.39 is 17.4 Å². The number of hydrogen-bond acceptors (Lipinski definition) is 3. The first-order valence-corrected chi connectivity index (χ1v) is 6.53. The first-order valence-electron chi connectivity index (χ1n) is 6.53. The number of rotatable bonds is 6. The Hall–Kier alpha value is -1.24. The van der Waals surface area contributed by atoms with Gasteiger partial charge in [0.1, 0.15) is 5.60 Å². The SMILES string of the molecule is O=C(NCCNC(=O)C(F)(F)C1(O)CCC1)C1CC1. The van der Waals surface area contributed by atoms with E-state index in [1.807, 2.05) is 5.32 Å². The minimum absolute atomic E-state index is 0.0489. The smallest absolute Gasteiger partial charge is 0.352 e. The van der Waals surface area contributed by atoms with E-state index in [0.29, 0.717) is 6.42 Å². The second-order valence-corrected chi connectivity index (χ2v) is 5.28. The fourth-order valence-corrected chi connectivity index (χ4v) is 2.00. The number of carbonyl (C=O) groups excluding carboxylic acids is 2. The highest BCUT2D eigenvalue weighted by molar-refractivity contribution is 5.85. The molecule has 0 aromatic heterocycles. The van der Waals surface area contributed by atoms with Gasteiger partial charge in [0.05, 0.1) is 0 Å². The summed E-state index contributed by atoms with van der Waals surface area (Å²) in [6, 6.07) is 0. The van der Waals surface area contributed by atoms with Crippen LogP contribution in [0.3, 0.4) is 0 Å². The highest BCUT2D eigenvalue weighted by Gasteiger charge is 2.60. The Morgan fingerprint density at radius 2 is 1.79 bits per heavy atom. The molecule has 0 unspecified atom stereocenters. The molecule has 3 N–H and O–H groups in total. The Morgan fingerprint density at radius 1 is 1.21 bits per heavy atom. The van der Waals surface area contributed by atoms with Gasteiger partial charge in [-0.3, -0.25) is 9.59 Å². The lowest BCUT2D eigenvalue weighted by molar-refractivity contribution is -0.215. The van der Waals surface area contributed by atoms with Crippen LogP contribution in [0.2, 0.25) is 0 Å². The van der Waals surface area contributed by atoms with Gasteiger partial charge < -0.3 is 15.7 Å². The van der Waals surface area contributed by atoms with E-state index in [4.69, 9.17) is 0 Å². The predicted molar refractivity (Wildman–Crippen MR) is 62.5 cm³/mol. The highest BCUT2D eigenvalue weighted by atomic mass is 19.3. The largest absolute Gasteiger partial charge is 0.383 e. The number of carbonyl (C=O) groups is 2. The first kappa shape index (κ1) is 14.2. The number of aliphatic hydroxyl groups is 1. The van der Waals surface area contributed by atoms with E-state index in [-0.39, 0.29) is 37.8 Å². The van der Waals surface area contributed by atoms with Crippen LogP contribution in [0.15, 0.2) is 0 Å². The van der Waals surface area contributed by atoms with Gasteiger partial charge in [-0.2, -0.15) is 8.78 Å². The van der Waals surface area contributed by atoms with Crippen molar-refractivity contribution in [2.24, 2.45) is 5.92 Å². The van der Waals surface area contributed by atoms with Crippen molar-refractivity contribution in [2.45, 2.75) is 43.6 Å². The van der Waals surface area contributed by atoms with Gasteiger partial charge in [-0.15, -0.1) is 0 Å².